The van der Waals surface area contributed by atoms with Gasteiger partial charge in [0.15, 0.2) is 0 Å². The van der Waals surface area contributed by atoms with Crippen LogP contribution in [0.25, 0.3) is 11.1 Å². The van der Waals surface area contributed by atoms with E-state index >= 15 is 0 Å². The summed E-state index contributed by atoms with van der Waals surface area (Å²) in [6, 6.07) is 11.0. The van der Waals surface area contributed by atoms with Gasteiger partial charge in [0.05, 0.1) is 6.20 Å². The van der Waals surface area contributed by atoms with Crippen LogP contribution in [-0.2, 0) is 0 Å². The molecule has 0 spiro atoms. The predicted octanol–water partition coefficient (Wildman–Crippen LogP) is 3.03. The maximum atomic E-state index is 12.3. The van der Waals surface area contributed by atoms with Crippen LogP contribution in [-0.4, -0.2) is 21.1 Å². The summed E-state index contributed by atoms with van der Waals surface area (Å²) >= 11 is 0. The monoisotopic (exact) mass is 278 g/mol. The van der Waals surface area contributed by atoms with Crippen LogP contribution in [0, 0.1) is 6.92 Å². The van der Waals surface area contributed by atoms with E-state index in [-0.39, 0.29) is 5.91 Å². The molecule has 3 aromatic rings. The van der Waals surface area contributed by atoms with E-state index in [0.717, 1.165) is 22.5 Å². The van der Waals surface area contributed by atoms with Gasteiger partial charge in [-0.3, -0.25) is 14.9 Å². The molecule has 104 valence electrons. The molecule has 0 saturated carbocycles. The molecule has 0 bridgehead atoms. The number of nitrogens with one attached hydrogen (secondary N) is 2. The molecule has 5 heteroatoms. The first kappa shape index (κ1) is 13.1. The number of carbonyl (C=O) groups is 1. The SMILES string of the molecule is Cc1cc(NC(=O)c2cccc(-c3cn[nH]c3)c2)ccn1. The number of benzene rings is 1. The highest BCUT2D eigenvalue weighted by Crippen LogP contribution is 2.19. The first-order valence-electron chi connectivity index (χ1n) is 6.55. The second kappa shape index (κ2) is 5.58. The molecule has 2 heterocycles. The van der Waals surface area contributed by atoms with E-state index in [1.807, 2.05) is 31.2 Å². The Morgan fingerprint density at radius 1 is 1.19 bits per heavy atom. The molecule has 1 aromatic carbocycles. The average Bonchev–Trinajstić information content (AvgIpc) is 3.02. The number of hydrogen-bond acceptors (Lipinski definition) is 3. The van der Waals surface area contributed by atoms with Crippen molar-refractivity contribution in [3.8, 4) is 11.1 Å². The van der Waals surface area contributed by atoms with Crippen LogP contribution in [0.4, 0.5) is 5.69 Å². The van der Waals surface area contributed by atoms with E-state index in [9.17, 15) is 4.79 Å². The Hall–Kier alpha value is -2.95. The molecular formula is C16H14N4O. The van der Waals surface area contributed by atoms with Gasteiger partial charge in [0.25, 0.3) is 5.91 Å². The van der Waals surface area contributed by atoms with Crippen molar-refractivity contribution in [3.05, 3.63) is 66.2 Å². The smallest absolute Gasteiger partial charge is 0.255 e. The van der Waals surface area contributed by atoms with Crippen LogP contribution in [0.1, 0.15) is 16.1 Å². The molecule has 0 fully saturated rings. The van der Waals surface area contributed by atoms with E-state index < -0.39 is 0 Å². The molecule has 0 atom stereocenters. The number of rotatable bonds is 3. The Morgan fingerprint density at radius 3 is 2.86 bits per heavy atom. The molecule has 0 radical (unpaired) electrons. The van der Waals surface area contributed by atoms with Gasteiger partial charge in [-0.05, 0) is 36.8 Å². The van der Waals surface area contributed by atoms with Gasteiger partial charge in [-0.15, -0.1) is 0 Å². The van der Waals surface area contributed by atoms with Crippen molar-refractivity contribution in [3.63, 3.8) is 0 Å². The predicted molar refractivity (Wildman–Crippen MR) is 81.0 cm³/mol. The number of pyridine rings is 1. The lowest BCUT2D eigenvalue weighted by Gasteiger charge is -2.07. The van der Waals surface area contributed by atoms with Gasteiger partial charge in [0.2, 0.25) is 0 Å². The van der Waals surface area contributed by atoms with Gasteiger partial charge in [-0.25, -0.2) is 0 Å². The molecule has 5 nitrogen and oxygen atoms in total. The van der Waals surface area contributed by atoms with Crippen molar-refractivity contribution in [2.45, 2.75) is 6.92 Å². The molecule has 2 N–H and O–H groups in total. The summed E-state index contributed by atoms with van der Waals surface area (Å²) in [6.07, 6.45) is 5.19. The number of anilines is 1. The minimum atomic E-state index is -0.147. The Morgan fingerprint density at radius 2 is 2.10 bits per heavy atom. The third-order valence-corrected chi connectivity index (χ3v) is 3.11. The zero-order valence-electron chi connectivity index (χ0n) is 11.5. The third kappa shape index (κ3) is 2.97. The fourth-order valence-electron chi connectivity index (χ4n) is 2.08. The molecule has 21 heavy (non-hydrogen) atoms. The fourth-order valence-corrected chi connectivity index (χ4v) is 2.08. The number of aryl methyl sites for hydroxylation is 1. The van der Waals surface area contributed by atoms with Gasteiger partial charge in [-0.2, -0.15) is 5.10 Å². The number of aromatic amines is 1. The van der Waals surface area contributed by atoms with Crippen molar-refractivity contribution in [2.75, 3.05) is 5.32 Å². The first-order valence-corrected chi connectivity index (χ1v) is 6.55. The summed E-state index contributed by atoms with van der Waals surface area (Å²) in [5, 5.41) is 9.55. The number of hydrogen-bond donors (Lipinski definition) is 2. The number of amides is 1. The summed E-state index contributed by atoms with van der Waals surface area (Å²) in [5.41, 5.74) is 4.09. The van der Waals surface area contributed by atoms with Crippen molar-refractivity contribution < 1.29 is 4.79 Å². The molecule has 0 saturated heterocycles. The lowest BCUT2D eigenvalue weighted by atomic mass is 10.1. The molecule has 0 unspecified atom stereocenters. The Bertz CT molecular complexity index is 765. The standard InChI is InChI=1S/C16H14N4O/c1-11-7-15(5-6-17-11)20-16(21)13-4-2-3-12(8-13)14-9-18-19-10-14/h2-10H,1H3,(H,18,19)(H,17,20,21). The lowest BCUT2D eigenvalue weighted by Crippen LogP contribution is -2.12. The molecule has 3 rings (SSSR count). The van der Waals surface area contributed by atoms with Crippen LogP contribution >= 0.6 is 0 Å². The summed E-state index contributed by atoms with van der Waals surface area (Å²) in [7, 11) is 0. The second-order valence-corrected chi connectivity index (χ2v) is 4.71. The van der Waals surface area contributed by atoms with Crippen molar-refractivity contribution in [1.82, 2.24) is 15.2 Å². The summed E-state index contributed by atoms with van der Waals surface area (Å²) < 4.78 is 0. The van der Waals surface area contributed by atoms with Crippen LogP contribution in [0.5, 0.6) is 0 Å². The normalized spacial score (nSPS) is 10.3. The largest absolute Gasteiger partial charge is 0.322 e. The second-order valence-electron chi connectivity index (χ2n) is 4.71. The van der Waals surface area contributed by atoms with E-state index in [0.29, 0.717) is 5.56 Å². The highest BCUT2D eigenvalue weighted by Gasteiger charge is 2.08. The Labute approximate surface area is 122 Å². The quantitative estimate of drug-likeness (QED) is 0.773. The number of carbonyl (C=O) groups excluding carboxylic acids is 1. The topological polar surface area (TPSA) is 70.7 Å². The van der Waals surface area contributed by atoms with E-state index in [4.69, 9.17) is 0 Å². The van der Waals surface area contributed by atoms with Crippen LogP contribution < -0.4 is 5.32 Å². The van der Waals surface area contributed by atoms with Crippen LogP contribution in [0.15, 0.2) is 55.0 Å². The molecule has 0 aliphatic heterocycles. The van der Waals surface area contributed by atoms with Crippen molar-refractivity contribution in [2.24, 2.45) is 0 Å². The van der Waals surface area contributed by atoms with E-state index in [2.05, 4.69) is 20.5 Å². The molecule has 0 aliphatic rings. The minimum Gasteiger partial charge on any atom is -0.322 e. The minimum absolute atomic E-state index is 0.147. The van der Waals surface area contributed by atoms with Gasteiger partial charge < -0.3 is 5.32 Å². The average molecular weight is 278 g/mol. The van der Waals surface area contributed by atoms with E-state index in [1.54, 1.807) is 30.7 Å². The summed E-state index contributed by atoms with van der Waals surface area (Å²) in [5.74, 6) is -0.147. The fraction of sp³-hybridized carbons (Fsp3) is 0.0625. The lowest BCUT2D eigenvalue weighted by molar-refractivity contribution is 0.102. The van der Waals surface area contributed by atoms with Gasteiger partial charge in [-0.1, -0.05) is 12.1 Å². The maximum Gasteiger partial charge on any atom is 0.255 e. The molecular weight excluding hydrogens is 264 g/mol. The third-order valence-electron chi connectivity index (χ3n) is 3.11. The van der Waals surface area contributed by atoms with E-state index in [1.165, 1.54) is 0 Å². The Balaban J connectivity index is 1.83. The number of aromatic nitrogens is 3. The Kier molecular flexibility index (Phi) is 3.47. The molecule has 0 aliphatic carbocycles. The molecule has 1 amide bonds. The maximum absolute atomic E-state index is 12.3. The van der Waals surface area contributed by atoms with Crippen LogP contribution in [0.3, 0.4) is 0 Å². The highest BCUT2D eigenvalue weighted by molar-refractivity contribution is 6.04. The number of nitrogens with zero attached hydrogens (tertiary/aromatic N) is 2. The number of H-pyrrole nitrogens is 1. The zero-order valence-corrected chi connectivity index (χ0v) is 11.5. The zero-order chi connectivity index (χ0) is 14.7. The van der Waals surface area contributed by atoms with Crippen molar-refractivity contribution in [1.29, 1.82) is 0 Å². The van der Waals surface area contributed by atoms with Gasteiger partial charge >= 0.3 is 0 Å². The summed E-state index contributed by atoms with van der Waals surface area (Å²) in [6.45, 7) is 1.88. The molecule has 2 aromatic heterocycles. The first-order chi connectivity index (χ1) is 10.2. The van der Waals surface area contributed by atoms with Crippen molar-refractivity contribution >= 4 is 11.6 Å². The highest BCUT2D eigenvalue weighted by atomic mass is 16.1. The van der Waals surface area contributed by atoms with Gasteiger partial charge in [0, 0.05) is 34.9 Å². The van der Waals surface area contributed by atoms with Gasteiger partial charge in [0.1, 0.15) is 0 Å². The summed E-state index contributed by atoms with van der Waals surface area (Å²) in [4.78, 5) is 16.4. The van der Waals surface area contributed by atoms with Crippen LogP contribution in [0.2, 0.25) is 0 Å².